The molecule has 0 aliphatic carbocycles. The van der Waals surface area contributed by atoms with Gasteiger partial charge in [0.1, 0.15) is 0 Å². The van der Waals surface area contributed by atoms with E-state index < -0.39 is 31.8 Å². The van der Waals surface area contributed by atoms with E-state index in [-0.39, 0.29) is 0 Å². The van der Waals surface area contributed by atoms with Crippen LogP contribution in [0.2, 0.25) is 14.8 Å². The van der Waals surface area contributed by atoms with Crippen LogP contribution in [0.5, 0.6) is 0 Å². The first-order chi connectivity index (χ1) is 11.4. The summed E-state index contributed by atoms with van der Waals surface area (Å²) >= 11 is -3.20. The molecule has 0 spiro atoms. The van der Waals surface area contributed by atoms with E-state index in [1.807, 2.05) is 0 Å². The van der Waals surface area contributed by atoms with E-state index in [1.165, 1.54) is 20.8 Å². The molecule has 4 rings (SSSR count). The van der Waals surface area contributed by atoms with E-state index in [4.69, 9.17) is 0 Å². The Hall–Kier alpha value is -1.02. The molecule has 0 bridgehead atoms. The van der Waals surface area contributed by atoms with Gasteiger partial charge in [0.05, 0.1) is 0 Å². The van der Waals surface area contributed by atoms with Gasteiger partial charge in [-0.05, 0) is 0 Å². The quantitative estimate of drug-likeness (QED) is 0.326. The molecule has 0 fully saturated rings. The van der Waals surface area contributed by atoms with Gasteiger partial charge < -0.3 is 0 Å². The normalized spacial score (nSPS) is 12.9. The molecule has 0 saturated heterocycles. The van der Waals surface area contributed by atoms with Crippen LogP contribution in [-0.2, 0) is 0 Å². The summed E-state index contributed by atoms with van der Waals surface area (Å²) in [5.41, 5.74) is 1.37. The first-order valence-corrected chi connectivity index (χ1v) is 21.1. The van der Waals surface area contributed by atoms with Crippen molar-refractivity contribution in [2.75, 3.05) is 0 Å². The summed E-state index contributed by atoms with van der Waals surface area (Å²) < 4.78 is 6.35. The van der Waals surface area contributed by atoms with E-state index in [0.29, 0.717) is 0 Å². The van der Waals surface area contributed by atoms with Crippen LogP contribution >= 0.6 is 0 Å². The molecule has 0 amide bonds. The molecule has 120 valence electrons. The van der Waals surface area contributed by atoms with Crippen molar-refractivity contribution < 1.29 is 0 Å². The summed E-state index contributed by atoms with van der Waals surface area (Å²) in [5, 5.41) is 3.00. The Labute approximate surface area is 152 Å². The average molecular weight is 485 g/mol. The monoisotopic (exact) mass is 487 g/mol. The number of rotatable bonds is 2. The maximum absolute atomic E-state index is 2.53. The second-order valence-electron chi connectivity index (χ2n) is 7.58. The number of benzene rings is 3. The molecule has 3 aromatic carbocycles. The van der Waals surface area contributed by atoms with Crippen LogP contribution in [0.15, 0.2) is 66.7 Å². The number of hydrogen-bond donors (Lipinski definition) is 0. The van der Waals surface area contributed by atoms with Gasteiger partial charge in [0, 0.05) is 0 Å². The summed E-state index contributed by atoms with van der Waals surface area (Å²) in [6.45, 7) is 2.20. The molecule has 0 aliphatic rings. The molecule has 24 heavy (non-hydrogen) atoms. The second-order valence-corrected chi connectivity index (χ2v) is 26.2. The van der Waals surface area contributed by atoms with Gasteiger partial charge in [-0.25, -0.2) is 0 Å². The van der Waals surface area contributed by atoms with E-state index in [9.17, 15) is 0 Å². The Morgan fingerprint density at radius 1 is 0.708 bits per heavy atom. The molecular formula is C22H23SeSn+. The van der Waals surface area contributed by atoms with Crippen molar-refractivity contribution in [3.8, 4) is 4.46 Å². The van der Waals surface area contributed by atoms with Crippen molar-refractivity contribution in [3.63, 3.8) is 0 Å². The first kappa shape index (κ1) is 16.4. The third kappa shape index (κ3) is 2.77. The van der Waals surface area contributed by atoms with Crippen molar-refractivity contribution in [1.82, 2.24) is 0 Å². The van der Waals surface area contributed by atoms with Crippen LogP contribution in [0.3, 0.4) is 0 Å². The van der Waals surface area contributed by atoms with E-state index in [0.717, 1.165) is 0 Å². The maximum atomic E-state index is 2.53. The summed E-state index contributed by atoms with van der Waals surface area (Å²) in [6, 6.07) is 25.7. The summed E-state index contributed by atoms with van der Waals surface area (Å²) in [7, 11) is 0. The van der Waals surface area contributed by atoms with Crippen LogP contribution in [-0.4, -0.2) is 31.8 Å². The van der Waals surface area contributed by atoms with Crippen molar-refractivity contribution in [2.24, 2.45) is 0 Å². The third-order valence-electron chi connectivity index (χ3n) is 4.69. The Morgan fingerprint density at radius 3 is 2.21 bits per heavy atom. The molecule has 1 atom stereocenters. The zero-order valence-electron chi connectivity index (χ0n) is 14.8. The molecule has 0 saturated carbocycles. The van der Waals surface area contributed by atoms with Crippen LogP contribution in [0.25, 0.3) is 23.8 Å². The van der Waals surface area contributed by atoms with Gasteiger partial charge in [-0.15, -0.1) is 0 Å². The standard InChI is InChI=1S/C19H14Se.3CH3.Sn/c1-14-7-6-8-15(13-14)20-18-11-4-2-9-16(18)17-10-3-5-12-19(17)20;;;;/h2,4-13H,1H3;3*1H3;/q+1;;;;. The van der Waals surface area contributed by atoms with Crippen molar-refractivity contribution >= 4 is 54.7 Å². The summed E-state index contributed by atoms with van der Waals surface area (Å²) in [4.78, 5) is 7.52. The molecule has 1 heterocycles. The minimum atomic E-state index is -2.05. The molecule has 0 radical (unpaired) electrons. The second kappa shape index (κ2) is 6.05. The SMILES string of the molecule is Cc1cccc(-[se+]2c3ccccc3c3c[c]([Sn]([CH3])([CH3])[CH3])ccc32)c1. The average Bonchev–Trinajstić information content (AvgIpc) is 2.88. The molecule has 1 unspecified atom stereocenters. The van der Waals surface area contributed by atoms with Gasteiger partial charge in [0.25, 0.3) is 0 Å². The van der Waals surface area contributed by atoms with Crippen LogP contribution < -0.4 is 3.58 Å². The van der Waals surface area contributed by atoms with E-state index in [1.54, 1.807) is 12.1 Å². The molecule has 0 N–H and O–H groups in total. The number of hydrogen-bond acceptors (Lipinski definition) is 0. The third-order valence-corrected chi connectivity index (χ3v) is 15.4. The Bertz CT molecular complexity index is 1050. The minimum absolute atomic E-state index is 1.15. The molecule has 1 aromatic heterocycles. The van der Waals surface area contributed by atoms with Gasteiger partial charge in [0.15, 0.2) is 0 Å². The molecule has 0 nitrogen and oxygen atoms in total. The van der Waals surface area contributed by atoms with Crippen LogP contribution in [0.4, 0.5) is 0 Å². The first-order valence-electron chi connectivity index (χ1n) is 8.50. The molecule has 4 aromatic rings. The van der Waals surface area contributed by atoms with Gasteiger partial charge in [-0.3, -0.25) is 0 Å². The van der Waals surface area contributed by atoms with Crippen LogP contribution in [0.1, 0.15) is 5.56 Å². The number of fused-ring (bicyclic) bond motifs is 3. The summed E-state index contributed by atoms with van der Waals surface area (Å²) in [5.74, 6) is 0. The zero-order chi connectivity index (χ0) is 16.9. The van der Waals surface area contributed by atoms with Crippen molar-refractivity contribution in [1.29, 1.82) is 0 Å². The Kier molecular flexibility index (Phi) is 4.15. The zero-order valence-corrected chi connectivity index (χ0v) is 19.3. The van der Waals surface area contributed by atoms with E-state index in [2.05, 4.69) is 88.5 Å². The molecular weight excluding hydrogens is 462 g/mol. The predicted molar refractivity (Wildman–Crippen MR) is 112 cm³/mol. The summed E-state index contributed by atoms with van der Waals surface area (Å²) in [6.07, 6.45) is 0. The van der Waals surface area contributed by atoms with Gasteiger partial charge in [0.2, 0.25) is 0 Å². The Morgan fingerprint density at radius 2 is 1.46 bits per heavy atom. The van der Waals surface area contributed by atoms with Gasteiger partial charge in [-0.2, -0.15) is 0 Å². The fourth-order valence-electron chi connectivity index (χ4n) is 3.37. The Balaban J connectivity index is 2.12. The van der Waals surface area contributed by atoms with E-state index >= 15 is 0 Å². The van der Waals surface area contributed by atoms with Gasteiger partial charge in [-0.1, -0.05) is 0 Å². The van der Waals surface area contributed by atoms with Crippen molar-refractivity contribution in [3.05, 3.63) is 72.3 Å². The fourth-order valence-corrected chi connectivity index (χ4v) is 11.9. The van der Waals surface area contributed by atoms with Crippen LogP contribution in [0, 0.1) is 6.92 Å². The van der Waals surface area contributed by atoms with Crippen molar-refractivity contribution in [2.45, 2.75) is 21.7 Å². The number of aryl methyl sites for hydroxylation is 1. The topological polar surface area (TPSA) is 0 Å². The molecule has 0 aliphatic heterocycles. The predicted octanol–water partition coefficient (Wildman–Crippen LogP) is 5.58. The molecule has 2 heteroatoms. The fraction of sp³-hybridized carbons (Fsp3) is 0.182. The van der Waals surface area contributed by atoms with Gasteiger partial charge >= 0.3 is 153 Å².